The summed E-state index contributed by atoms with van der Waals surface area (Å²) >= 11 is 0. The van der Waals surface area contributed by atoms with Crippen LogP contribution in [0.25, 0.3) is 0 Å². The zero-order valence-corrected chi connectivity index (χ0v) is 15.6. The van der Waals surface area contributed by atoms with Crippen molar-refractivity contribution in [1.82, 2.24) is 14.8 Å². The minimum absolute atomic E-state index is 0.288. The molecule has 0 unspecified atom stereocenters. The van der Waals surface area contributed by atoms with Gasteiger partial charge >= 0.3 is 0 Å². The topological polar surface area (TPSA) is 37.8 Å². The lowest BCUT2D eigenvalue weighted by molar-refractivity contribution is 0.167. The number of hydrogen-bond acceptors (Lipinski definition) is 5. The first kappa shape index (κ1) is 18.4. The van der Waals surface area contributed by atoms with Crippen LogP contribution in [-0.2, 0) is 6.42 Å². The van der Waals surface area contributed by atoms with Crippen molar-refractivity contribution in [2.45, 2.75) is 51.1 Å². The van der Waals surface area contributed by atoms with Gasteiger partial charge in [0.05, 0.1) is 0 Å². The SMILES string of the molecule is CCc1cc(OC[C@H]2CCCN2C)c(OC[C@H]2CCCN2C)nc1F. The summed E-state index contributed by atoms with van der Waals surface area (Å²) in [6.45, 7) is 5.22. The van der Waals surface area contributed by atoms with Crippen LogP contribution < -0.4 is 9.47 Å². The number of hydrogen-bond donors (Lipinski definition) is 0. The lowest BCUT2D eigenvalue weighted by atomic mass is 10.2. The van der Waals surface area contributed by atoms with Crippen LogP contribution in [0.2, 0.25) is 0 Å². The first-order chi connectivity index (χ1) is 12.1. The maximum atomic E-state index is 14.1. The molecule has 0 radical (unpaired) electrons. The number of ether oxygens (including phenoxy) is 2. The predicted molar refractivity (Wildman–Crippen MR) is 95.9 cm³/mol. The monoisotopic (exact) mass is 351 g/mol. The molecular formula is C19H30FN3O2. The molecule has 2 aliphatic heterocycles. The van der Waals surface area contributed by atoms with Gasteiger partial charge < -0.3 is 19.3 Å². The predicted octanol–water partition coefficient (Wildman–Crippen LogP) is 2.73. The molecule has 2 aliphatic rings. The van der Waals surface area contributed by atoms with E-state index in [2.05, 4.69) is 28.9 Å². The number of pyridine rings is 1. The Morgan fingerprint density at radius 2 is 1.68 bits per heavy atom. The second kappa shape index (κ2) is 8.32. The first-order valence-corrected chi connectivity index (χ1v) is 9.44. The minimum Gasteiger partial charge on any atom is -0.486 e. The molecule has 2 fully saturated rings. The van der Waals surface area contributed by atoms with Gasteiger partial charge in [0, 0.05) is 17.6 Å². The van der Waals surface area contributed by atoms with Crippen molar-refractivity contribution in [3.63, 3.8) is 0 Å². The Bertz CT molecular complexity index is 584. The van der Waals surface area contributed by atoms with Crippen molar-refractivity contribution >= 4 is 0 Å². The largest absolute Gasteiger partial charge is 0.486 e. The number of likely N-dealkylation sites (N-methyl/N-ethyl adjacent to an activating group) is 2. The van der Waals surface area contributed by atoms with Gasteiger partial charge in [0.15, 0.2) is 5.75 Å². The fraction of sp³-hybridized carbons (Fsp3) is 0.737. The molecular weight excluding hydrogens is 321 g/mol. The molecule has 2 atom stereocenters. The molecule has 0 aromatic carbocycles. The third kappa shape index (κ3) is 4.42. The molecule has 3 heterocycles. The van der Waals surface area contributed by atoms with Gasteiger partial charge in [-0.1, -0.05) is 6.92 Å². The summed E-state index contributed by atoms with van der Waals surface area (Å²) in [7, 11) is 4.22. The molecule has 0 saturated carbocycles. The normalized spacial score (nSPS) is 24.8. The van der Waals surface area contributed by atoms with E-state index in [4.69, 9.17) is 9.47 Å². The van der Waals surface area contributed by atoms with Gasteiger partial charge in [-0.05, 0) is 65.4 Å². The Labute approximate surface area is 150 Å². The summed E-state index contributed by atoms with van der Waals surface area (Å²) in [6, 6.07) is 2.53. The fourth-order valence-corrected chi connectivity index (χ4v) is 3.69. The van der Waals surface area contributed by atoms with Crippen LogP contribution in [0.4, 0.5) is 4.39 Å². The lowest BCUT2D eigenvalue weighted by Crippen LogP contribution is -2.31. The van der Waals surface area contributed by atoms with Crippen molar-refractivity contribution in [2.24, 2.45) is 0 Å². The molecule has 0 N–H and O–H groups in total. The van der Waals surface area contributed by atoms with Gasteiger partial charge in [-0.3, -0.25) is 0 Å². The van der Waals surface area contributed by atoms with Crippen molar-refractivity contribution < 1.29 is 13.9 Å². The van der Waals surface area contributed by atoms with E-state index < -0.39 is 5.95 Å². The Hall–Kier alpha value is -1.40. The molecule has 6 heteroatoms. The molecule has 1 aromatic rings. The highest BCUT2D eigenvalue weighted by Crippen LogP contribution is 2.29. The maximum Gasteiger partial charge on any atom is 0.259 e. The Morgan fingerprint density at radius 3 is 2.20 bits per heavy atom. The first-order valence-electron chi connectivity index (χ1n) is 9.44. The van der Waals surface area contributed by atoms with E-state index in [1.165, 1.54) is 12.8 Å². The fourth-order valence-electron chi connectivity index (χ4n) is 3.69. The zero-order chi connectivity index (χ0) is 17.8. The van der Waals surface area contributed by atoms with Crippen LogP contribution in [0.5, 0.6) is 11.6 Å². The third-order valence-electron chi connectivity index (χ3n) is 5.55. The van der Waals surface area contributed by atoms with Crippen molar-refractivity contribution in [3.8, 4) is 11.6 Å². The lowest BCUT2D eigenvalue weighted by Gasteiger charge is -2.22. The van der Waals surface area contributed by atoms with Crippen LogP contribution in [0.15, 0.2) is 6.07 Å². The molecule has 140 valence electrons. The average molecular weight is 351 g/mol. The van der Waals surface area contributed by atoms with E-state index in [-0.39, 0.29) is 5.88 Å². The highest BCUT2D eigenvalue weighted by atomic mass is 19.1. The summed E-state index contributed by atoms with van der Waals surface area (Å²) < 4.78 is 26.0. The van der Waals surface area contributed by atoms with E-state index in [1.54, 1.807) is 6.07 Å². The summed E-state index contributed by atoms with van der Waals surface area (Å²) in [5.41, 5.74) is 0.570. The molecule has 5 nitrogen and oxygen atoms in total. The van der Waals surface area contributed by atoms with Crippen molar-refractivity contribution in [2.75, 3.05) is 40.4 Å². The number of aromatic nitrogens is 1. The van der Waals surface area contributed by atoms with Gasteiger partial charge in [-0.15, -0.1) is 0 Å². The van der Waals surface area contributed by atoms with Crippen molar-refractivity contribution in [1.29, 1.82) is 0 Å². The van der Waals surface area contributed by atoms with Crippen LogP contribution in [0.1, 0.15) is 38.2 Å². The molecule has 2 saturated heterocycles. The van der Waals surface area contributed by atoms with Gasteiger partial charge in [-0.25, -0.2) is 0 Å². The number of aryl methyl sites for hydroxylation is 1. The quantitative estimate of drug-likeness (QED) is 0.706. The van der Waals surface area contributed by atoms with E-state index in [1.807, 2.05) is 6.92 Å². The Balaban J connectivity index is 1.69. The van der Waals surface area contributed by atoms with Crippen LogP contribution in [-0.4, -0.2) is 67.3 Å². The molecule has 0 aliphatic carbocycles. The van der Waals surface area contributed by atoms with E-state index in [0.29, 0.717) is 43.0 Å². The van der Waals surface area contributed by atoms with Gasteiger partial charge in [0.2, 0.25) is 5.95 Å². The standard InChI is InChI=1S/C19H30FN3O2/c1-4-14-11-17(24-12-15-7-5-9-22(15)2)19(21-18(14)20)25-13-16-8-6-10-23(16)3/h11,15-16H,4-10,12-13H2,1-3H3/t15-,16-/m1/s1. The van der Waals surface area contributed by atoms with Crippen LogP contribution in [0, 0.1) is 5.95 Å². The van der Waals surface area contributed by atoms with Crippen molar-refractivity contribution in [3.05, 3.63) is 17.6 Å². The smallest absolute Gasteiger partial charge is 0.259 e. The van der Waals surface area contributed by atoms with E-state index >= 15 is 0 Å². The van der Waals surface area contributed by atoms with E-state index in [0.717, 1.165) is 25.9 Å². The third-order valence-corrected chi connectivity index (χ3v) is 5.55. The summed E-state index contributed by atoms with van der Waals surface area (Å²) in [4.78, 5) is 8.64. The molecule has 25 heavy (non-hydrogen) atoms. The average Bonchev–Trinajstić information content (AvgIpc) is 3.20. The summed E-state index contributed by atoms with van der Waals surface area (Å²) in [5, 5.41) is 0. The minimum atomic E-state index is -0.456. The van der Waals surface area contributed by atoms with Crippen LogP contribution in [0.3, 0.4) is 0 Å². The summed E-state index contributed by atoms with van der Waals surface area (Å²) in [5.74, 6) is 0.400. The molecule has 3 rings (SSSR count). The Morgan fingerprint density at radius 1 is 1.08 bits per heavy atom. The van der Waals surface area contributed by atoms with E-state index in [9.17, 15) is 4.39 Å². The van der Waals surface area contributed by atoms with Gasteiger partial charge in [-0.2, -0.15) is 9.37 Å². The number of likely N-dealkylation sites (tertiary alicyclic amines) is 2. The highest BCUT2D eigenvalue weighted by molar-refractivity contribution is 5.37. The second-order valence-electron chi connectivity index (χ2n) is 7.27. The van der Waals surface area contributed by atoms with Gasteiger partial charge in [0.1, 0.15) is 13.2 Å². The number of nitrogens with zero attached hydrogens (tertiary/aromatic N) is 3. The van der Waals surface area contributed by atoms with Gasteiger partial charge in [0.25, 0.3) is 5.88 Å². The summed E-state index contributed by atoms with van der Waals surface area (Å²) in [6.07, 6.45) is 5.20. The maximum absolute atomic E-state index is 14.1. The number of halogens is 1. The Kier molecular flexibility index (Phi) is 6.12. The second-order valence-corrected chi connectivity index (χ2v) is 7.27. The zero-order valence-electron chi connectivity index (χ0n) is 15.6. The molecule has 0 bridgehead atoms. The van der Waals surface area contributed by atoms with Crippen LogP contribution >= 0.6 is 0 Å². The highest BCUT2D eigenvalue weighted by Gasteiger charge is 2.25. The number of rotatable bonds is 7. The molecule has 1 aromatic heterocycles. The molecule has 0 spiro atoms. The molecule has 0 amide bonds.